The normalized spacial score (nSPS) is 17.1. The molecule has 0 saturated carbocycles. The third-order valence-corrected chi connectivity index (χ3v) is 2.16. The molecule has 0 amide bonds. The van der Waals surface area contributed by atoms with Crippen LogP contribution in [0.3, 0.4) is 0 Å². The van der Waals surface area contributed by atoms with Crippen LogP contribution < -0.4 is 10.2 Å². The van der Waals surface area contributed by atoms with Gasteiger partial charge < -0.3 is 15.3 Å². The number of hydrogen-bond acceptors (Lipinski definition) is 6. The quantitative estimate of drug-likeness (QED) is 0.616. The smallest absolute Gasteiger partial charge is 0.245 e. The topological polar surface area (TPSA) is 74.2 Å². The average Bonchev–Trinajstić information content (AvgIpc) is 2.30. The molecule has 2 heterocycles. The third kappa shape index (κ3) is 1.97. The fraction of sp³-hybridized carbons (Fsp3) is 0.625. The third-order valence-electron chi connectivity index (χ3n) is 2.16. The molecule has 0 atom stereocenters. The molecule has 0 aromatic carbocycles. The van der Waals surface area contributed by atoms with Crippen LogP contribution in [0.15, 0.2) is 6.20 Å². The summed E-state index contributed by atoms with van der Waals surface area (Å²) in [5, 5.41) is 19.9. The zero-order valence-corrected chi connectivity index (χ0v) is 7.85. The Balaban J connectivity index is 2.13. The molecule has 76 valence electrons. The summed E-state index contributed by atoms with van der Waals surface area (Å²) in [6.45, 7) is 3.56. The van der Waals surface area contributed by atoms with E-state index in [0.717, 1.165) is 26.2 Å². The second-order valence-electron chi connectivity index (χ2n) is 3.14. The van der Waals surface area contributed by atoms with Gasteiger partial charge in [-0.2, -0.15) is 5.10 Å². The molecule has 2 N–H and O–H groups in total. The minimum Gasteiger partial charge on any atom is -0.390 e. The zero-order valence-electron chi connectivity index (χ0n) is 7.85. The lowest BCUT2D eigenvalue weighted by Gasteiger charge is -2.26. The number of piperazine rings is 1. The highest BCUT2D eigenvalue weighted by Gasteiger charge is 2.13. The lowest BCUT2D eigenvalue weighted by atomic mass is 10.4. The molecule has 0 unspecified atom stereocenters. The largest absolute Gasteiger partial charge is 0.390 e. The Morgan fingerprint density at radius 2 is 2.21 bits per heavy atom. The first-order valence-electron chi connectivity index (χ1n) is 4.65. The van der Waals surface area contributed by atoms with Crippen LogP contribution >= 0.6 is 0 Å². The van der Waals surface area contributed by atoms with Crippen LogP contribution in [0.25, 0.3) is 0 Å². The van der Waals surface area contributed by atoms with Crippen molar-refractivity contribution in [3.8, 4) is 0 Å². The molecule has 0 spiro atoms. The van der Waals surface area contributed by atoms with Crippen molar-refractivity contribution >= 4 is 5.95 Å². The molecule has 2 rings (SSSR count). The summed E-state index contributed by atoms with van der Waals surface area (Å²) >= 11 is 0. The molecule has 1 aromatic heterocycles. The predicted octanol–water partition coefficient (Wildman–Crippen LogP) is -1.23. The van der Waals surface area contributed by atoms with Crippen molar-refractivity contribution in [2.45, 2.75) is 6.61 Å². The molecule has 1 aromatic rings. The Labute approximate surface area is 82.0 Å². The molecule has 0 radical (unpaired) electrons. The van der Waals surface area contributed by atoms with E-state index >= 15 is 0 Å². The number of aliphatic hydroxyl groups excluding tert-OH is 1. The van der Waals surface area contributed by atoms with Crippen molar-refractivity contribution in [2.24, 2.45) is 0 Å². The van der Waals surface area contributed by atoms with Crippen molar-refractivity contribution < 1.29 is 5.11 Å². The molecule has 6 nitrogen and oxygen atoms in total. The van der Waals surface area contributed by atoms with Crippen LogP contribution in [0.5, 0.6) is 0 Å². The summed E-state index contributed by atoms with van der Waals surface area (Å²) in [6.07, 6.45) is 1.48. The van der Waals surface area contributed by atoms with Gasteiger partial charge in [0.25, 0.3) is 0 Å². The maximum atomic E-state index is 8.90. The Morgan fingerprint density at radius 1 is 1.43 bits per heavy atom. The van der Waals surface area contributed by atoms with Crippen LogP contribution in [-0.4, -0.2) is 46.5 Å². The van der Waals surface area contributed by atoms with E-state index in [0.29, 0.717) is 11.6 Å². The van der Waals surface area contributed by atoms with Crippen LogP contribution in [0, 0.1) is 0 Å². The number of nitrogens with one attached hydrogen (secondary N) is 1. The summed E-state index contributed by atoms with van der Waals surface area (Å²) in [4.78, 5) is 6.25. The van der Waals surface area contributed by atoms with Gasteiger partial charge in [0.05, 0.1) is 18.5 Å². The lowest BCUT2D eigenvalue weighted by Crippen LogP contribution is -2.44. The van der Waals surface area contributed by atoms with Gasteiger partial charge in [0.2, 0.25) is 5.95 Å². The second-order valence-corrected chi connectivity index (χ2v) is 3.14. The molecule has 1 aliphatic rings. The summed E-state index contributed by atoms with van der Waals surface area (Å²) in [5.41, 5.74) is 0.563. The minimum absolute atomic E-state index is 0.0887. The maximum Gasteiger partial charge on any atom is 0.245 e. The van der Waals surface area contributed by atoms with Gasteiger partial charge in [0, 0.05) is 26.2 Å². The Hall–Kier alpha value is -1.27. The first-order chi connectivity index (χ1) is 6.90. The van der Waals surface area contributed by atoms with E-state index in [2.05, 4.69) is 25.4 Å². The Morgan fingerprint density at radius 3 is 2.93 bits per heavy atom. The SMILES string of the molecule is OCc1cnnc(N2CCNCC2)n1. The number of hydrogen-bond donors (Lipinski definition) is 2. The minimum atomic E-state index is -0.0887. The molecule has 14 heavy (non-hydrogen) atoms. The van der Waals surface area contributed by atoms with Gasteiger partial charge >= 0.3 is 0 Å². The summed E-state index contributed by atoms with van der Waals surface area (Å²) in [6, 6.07) is 0. The lowest BCUT2D eigenvalue weighted by molar-refractivity contribution is 0.276. The molecule has 0 aliphatic carbocycles. The van der Waals surface area contributed by atoms with Crippen LogP contribution in [-0.2, 0) is 6.61 Å². The van der Waals surface area contributed by atoms with Crippen molar-refractivity contribution in [1.29, 1.82) is 0 Å². The molecule has 1 fully saturated rings. The van der Waals surface area contributed by atoms with Gasteiger partial charge in [-0.15, -0.1) is 5.10 Å². The van der Waals surface area contributed by atoms with Crippen molar-refractivity contribution in [3.63, 3.8) is 0 Å². The summed E-state index contributed by atoms with van der Waals surface area (Å²) in [5.74, 6) is 0.609. The summed E-state index contributed by atoms with van der Waals surface area (Å²) in [7, 11) is 0. The van der Waals surface area contributed by atoms with Crippen LogP contribution in [0.1, 0.15) is 5.69 Å². The average molecular weight is 195 g/mol. The Bertz CT molecular complexity index is 300. The monoisotopic (exact) mass is 195 g/mol. The molecule has 6 heteroatoms. The molecule has 1 saturated heterocycles. The van der Waals surface area contributed by atoms with E-state index in [1.807, 2.05) is 0 Å². The molecular formula is C8H13N5O. The van der Waals surface area contributed by atoms with Crippen LogP contribution in [0.2, 0.25) is 0 Å². The van der Waals surface area contributed by atoms with Crippen molar-refractivity contribution in [3.05, 3.63) is 11.9 Å². The van der Waals surface area contributed by atoms with E-state index in [9.17, 15) is 0 Å². The van der Waals surface area contributed by atoms with Gasteiger partial charge in [-0.05, 0) is 0 Å². The number of anilines is 1. The number of aliphatic hydroxyl groups is 1. The van der Waals surface area contributed by atoms with Crippen molar-refractivity contribution in [1.82, 2.24) is 20.5 Å². The van der Waals surface area contributed by atoms with E-state index < -0.39 is 0 Å². The highest BCUT2D eigenvalue weighted by Crippen LogP contribution is 2.06. The molecular weight excluding hydrogens is 182 g/mol. The van der Waals surface area contributed by atoms with Crippen molar-refractivity contribution in [2.75, 3.05) is 31.1 Å². The summed E-state index contributed by atoms with van der Waals surface area (Å²) < 4.78 is 0. The van der Waals surface area contributed by atoms with E-state index in [4.69, 9.17) is 5.11 Å². The molecule has 0 bridgehead atoms. The highest BCUT2D eigenvalue weighted by atomic mass is 16.3. The molecule has 1 aliphatic heterocycles. The standard InChI is InChI=1S/C8H13N5O/c14-6-7-5-10-12-8(11-7)13-3-1-9-2-4-13/h5,9,14H,1-4,6H2. The zero-order chi connectivity index (χ0) is 9.80. The number of nitrogens with zero attached hydrogens (tertiary/aromatic N) is 4. The van der Waals surface area contributed by atoms with Gasteiger partial charge in [-0.25, -0.2) is 4.98 Å². The van der Waals surface area contributed by atoms with E-state index in [1.54, 1.807) is 0 Å². The first-order valence-corrected chi connectivity index (χ1v) is 4.65. The Kier molecular flexibility index (Phi) is 2.85. The van der Waals surface area contributed by atoms with Gasteiger partial charge in [0.1, 0.15) is 0 Å². The first kappa shape index (κ1) is 9.29. The van der Waals surface area contributed by atoms with Gasteiger partial charge in [-0.3, -0.25) is 0 Å². The fourth-order valence-electron chi connectivity index (χ4n) is 1.40. The fourth-order valence-corrected chi connectivity index (χ4v) is 1.40. The van der Waals surface area contributed by atoms with Gasteiger partial charge in [0.15, 0.2) is 0 Å². The predicted molar refractivity (Wildman–Crippen MR) is 50.8 cm³/mol. The maximum absolute atomic E-state index is 8.90. The van der Waals surface area contributed by atoms with Crippen LogP contribution in [0.4, 0.5) is 5.95 Å². The number of aromatic nitrogens is 3. The highest BCUT2D eigenvalue weighted by molar-refractivity contribution is 5.29. The van der Waals surface area contributed by atoms with Gasteiger partial charge in [-0.1, -0.05) is 0 Å². The second kappa shape index (κ2) is 4.30. The number of rotatable bonds is 2. The van der Waals surface area contributed by atoms with E-state index in [-0.39, 0.29) is 6.61 Å². The van der Waals surface area contributed by atoms with E-state index in [1.165, 1.54) is 6.20 Å².